The molecule has 0 aromatic heterocycles. The summed E-state index contributed by atoms with van der Waals surface area (Å²) < 4.78 is 5.15. The highest BCUT2D eigenvalue weighted by Crippen LogP contribution is 2.35. The predicted octanol–water partition coefficient (Wildman–Crippen LogP) is 4.52. The molecule has 0 aliphatic rings. The van der Waals surface area contributed by atoms with Gasteiger partial charge in [0.05, 0.1) is 18.2 Å². The number of hydrogen-bond donors (Lipinski definition) is 2. The molecule has 2 aromatic carbocycles. The van der Waals surface area contributed by atoms with E-state index < -0.39 is 6.04 Å². The van der Waals surface area contributed by atoms with E-state index in [0.29, 0.717) is 17.1 Å². The zero-order valence-electron chi connectivity index (χ0n) is 14.1. The van der Waals surface area contributed by atoms with Crippen LogP contribution in [-0.4, -0.2) is 31.1 Å². The third-order valence-electron chi connectivity index (χ3n) is 3.46. The van der Waals surface area contributed by atoms with Crippen LogP contribution in [0, 0.1) is 0 Å². The monoisotopic (exact) mass is 396 g/mol. The minimum atomic E-state index is -0.514. The molecule has 0 bridgehead atoms. The van der Waals surface area contributed by atoms with Crippen LogP contribution in [0.1, 0.15) is 6.42 Å². The lowest BCUT2D eigenvalue weighted by molar-refractivity contribution is -0.117. The van der Waals surface area contributed by atoms with Gasteiger partial charge in [0.1, 0.15) is 5.75 Å². The topological polar surface area (TPSA) is 64.3 Å². The fourth-order valence-corrected chi connectivity index (χ4v) is 3.65. The van der Waals surface area contributed by atoms with Gasteiger partial charge in [-0.3, -0.25) is 4.79 Å². The summed E-state index contributed by atoms with van der Waals surface area (Å²) in [5, 5.41) is 3.39. The number of carbonyl (C=O) groups is 1. The predicted molar refractivity (Wildman–Crippen MR) is 108 cm³/mol. The Hall–Kier alpha value is -1.34. The van der Waals surface area contributed by atoms with Crippen LogP contribution in [0.4, 0.5) is 5.69 Å². The van der Waals surface area contributed by atoms with Gasteiger partial charge in [0.25, 0.3) is 0 Å². The van der Waals surface area contributed by atoms with Crippen molar-refractivity contribution in [1.82, 2.24) is 0 Å². The molecule has 2 aromatic rings. The third kappa shape index (κ3) is 6.15. The molecule has 0 aliphatic heterocycles. The van der Waals surface area contributed by atoms with Crippen molar-refractivity contribution in [1.29, 1.82) is 0 Å². The molecule has 0 saturated carbocycles. The van der Waals surface area contributed by atoms with E-state index in [-0.39, 0.29) is 5.91 Å². The van der Waals surface area contributed by atoms with Crippen molar-refractivity contribution < 1.29 is 9.53 Å². The normalized spacial score (nSPS) is 11.8. The summed E-state index contributed by atoms with van der Waals surface area (Å²) in [6.07, 6.45) is 2.63. The molecule has 0 aliphatic carbocycles. The number of ether oxygens (including phenoxy) is 1. The first-order chi connectivity index (χ1) is 12.0. The standard InChI is InChI=1S/C18H21ClN2O2S2/c1-23-13-4-6-14(7-5-13)25-17-8-3-12(11-15(17)19)21-18(22)16(20)9-10-24-2/h3-8,11,16H,9-10,20H2,1-2H3,(H,21,22)/t16-/m0/s1. The van der Waals surface area contributed by atoms with Gasteiger partial charge in [-0.05, 0) is 60.9 Å². The molecular formula is C18H21ClN2O2S2. The van der Waals surface area contributed by atoms with Gasteiger partial charge >= 0.3 is 0 Å². The van der Waals surface area contributed by atoms with Crippen LogP contribution in [-0.2, 0) is 4.79 Å². The van der Waals surface area contributed by atoms with Crippen molar-refractivity contribution in [3.8, 4) is 5.75 Å². The molecule has 0 fully saturated rings. The molecule has 2 rings (SSSR count). The van der Waals surface area contributed by atoms with E-state index in [1.807, 2.05) is 42.7 Å². The van der Waals surface area contributed by atoms with E-state index in [2.05, 4.69) is 5.32 Å². The van der Waals surface area contributed by atoms with Crippen LogP contribution < -0.4 is 15.8 Å². The lowest BCUT2D eigenvalue weighted by Gasteiger charge is -2.13. The molecule has 1 amide bonds. The second-order valence-corrected chi connectivity index (χ2v) is 7.81. The minimum absolute atomic E-state index is 0.194. The maximum atomic E-state index is 12.1. The summed E-state index contributed by atoms with van der Waals surface area (Å²) in [5.41, 5.74) is 6.52. The van der Waals surface area contributed by atoms with Gasteiger partial charge in [-0.2, -0.15) is 11.8 Å². The number of anilines is 1. The molecule has 0 radical (unpaired) electrons. The summed E-state index contributed by atoms with van der Waals surface area (Å²) in [6.45, 7) is 0. The molecule has 0 spiro atoms. The van der Waals surface area contributed by atoms with Crippen LogP contribution in [0.2, 0.25) is 5.02 Å². The highest BCUT2D eigenvalue weighted by Gasteiger charge is 2.14. The van der Waals surface area contributed by atoms with Gasteiger partial charge in [0.2, 0.25) is 5.91 Å². The van der Waals surface area contributed by atoms with E-state index in [1.54, 1.807) is 36.7 Å². The smallest absolute Gasteiger partial charge is 0.241 e. The highest BCUT2D eigenvalue weighted by molar-refractivity contribution is 7.99. The quantitative estimate of drug-likeness (QED) is 0.686. The Kier molecular flexibility index (Phi) is 7.96. The Balaban J connectivity index is 2.00. The molecule has 4 nitrogen and oxygen atoms in total. The molecule has 7 heteroatoms. The lowest BCUT2D eigenvalue weighted by atomic mass is 10.2. The summed E-state index contributed by atoms with van der Waals surface area (Å²) >= 11 is 9.57. The second-order valence-electron chi connectivity index (χ2n) is 5.30. The largest absolute Gasteiger partial charge is 0.497 e. The number of halogens is 1. The number of benzene rings is 2. The third-order valence-corrected chi connectivity index (χ3v) is 5.61. The minimum Gasteiger partial charge on any atom is -0.497 e. The average Bonchev–Trinajstić information content (AvgIpc) is 2.62. The molecular weight excluding hydrogens is 376 g/mol. The van der Waals surface area contributed by atoms with Crippen molar-refractivity contribution in [2.24, 2.45) is 5.73 Å². The SMILES string of the molecule is COc1ccc(Sc2ccc(NC(=O)[C@@H](N)CCSC)cc2Cl)cc1. The van der Waals surface area contributed by atoms with Crippen molar-refractivity contribution >= 4 is 46.7 Å². The average molecular weight is 397 g/mol. The number of amides is 1. The number of nitrogens with two attached hydrogens (primary N) is 1. The number of hydrogen-bond acceptors (Lipinski definition) is 5. The number of methoxy groups -OCH3 is 1. The fraction of sp³-hybridized carbons (Fsp3) is 0.278. The van der Waals surface area contributed by atoms with Crippen LogP contribution in [0.25, 0.3) is 0 Å². The van der Waals surface area contributed by atoms with Crippen LogP contribution in [0.5, 0.6) is 5.75 Å². The Morgan fingerprint density at radius 1 is 1.28 bits per heavy atom. The molecule has 0 saturated heterocycles. The Morgan fingerprint density at radius 3 is 2.60 bits per heavy atom. The number of carbonyl (C=O) groups excluding carboxylic acids is 1. The van der Waals surface area contributed by atoms with Crippen LogP contribution in [0.3, 0.4) is 0 Å². The number of thioether (sulfide) groups is 1. The zero-order chi connectivity index (χ0) is 18.2. The Bertz CT molecular complexity index is 711. The first kappa shape index (κ1) is 20.0. The molecule has 3 N–H and O–H groups in total. The van der Waals surface area contributed by atoms with Gasteiger partial charge in [-0.1, -0.05) is 23.4 Å². The summed E-state index contributed by atoms with van der Waals surface area (Å²) in [4.78, 5) is 14.0. The highest BCUT2D eigenvalue weighted by atomic mass is 35.5. The lowest BCUT2D eigenvalue weighted by Crippen LogP contribution is -2.36. The number of nitrogens with one attached hydrogen (secondary N) is 1. The van der Waals surface area contributed by atoms with Crippen molar-refractivity contribution in [2.75, 3.05) is 24.4 Å². The summed E-state index contributed by atoms with van der Waals surface area (Å²) in [7, 11) is 1.64. The van der Waals surface area contributed by atoms with Crippen molar-refractivity contribution in [2.45, 2.75) is 22.3 Å². The maximum absolute atomic E-state index is 12.1. The van der Waals surface area contributed by atoms with Gasteiger partial charge in [0.15, 0.2) is 0 Å². The van der Waals surface area contributed by atoms with E-state index in [4.69, 9.17) is 22.1 Å². The summed E-state index contributed by atoms with van der Waals surface area (Å²) in [5.74, 6) is 1.47. The van der Waals surface area contributed by atoms with Gasteiger partial charge in [-0.25, -0.2) is 0 Å². The summed E-state index contributed by atoms with van der Waals surface area (Å²) in [6, 6.07) is 12.7. The number of rotatable bonds is 8. The fourth-order valence-electron chi connectivity index (χ4n) is 2.04. The van der Waals surface area contributed by atoms with Gasteiger partial charge in [0, 0.05) is 15.5 Å². The molecule has 134 valence electrons. The Labute approximate surface area is 161 Å². The van der Waals surface area contributed by atoms with E-state index in [0.717, 1.165) is 21.3 Å². The van der Waals surface area contributed by atoms with Gasteiger partial charge in [-0.15, -0.1) is 0 Å². The van der Waals surface area contributed by atoms with E-state index in [1.165, 1.54) is 0 Å². The second kappa shape index (κ2) is 9.97. The molecule has 1 atom stereocenters. The van der Waals surface area contributed by atoms with Gasteiger partial charge < -0.3 is 15.8 Å². The van der Waals surface area contributed by atoms with Crippen molar-refractivity contribution in [3.63, 3.8) is 0 Å². The van der Waals surface area contributed by atoms with Crippen LogP contribution in [0.15, 0.2) is 52.3 Å². The van der Waals surface area contributed by atoms with E-state index in [9.17, 15) is 4.79 Å². The maximum Gasteiger partial charge on any atom is 0.241 e. The molecule has 0 unspecified atom stereocenters. The van der Waals surface area contributed by atoms with Crippen molar-refractivity contribution in [3.05, 3.63) is 47.5 Å². The first-order valence-corrected chi connectivity index (χ1v) is 10.3. The first-order valence-electron chi connectivity index (χ1n) is 7.70. The zero-order valence-corrected chi connectivity index (χ0v) is 16.5. The van der Waals surface area contributed by atoms with E-state index >= 15 is 0 Å². The Morgan fingerprint density at radius 2 is 2.00 bits per heavy atom. The molecule has 0 heterocycles. The molecule has 25 heavy (non-hydrogen) atoms. The van der Waals surface area contributed by atoms with Crippen LogP contribution >= 0.6 is 35.1 Å².